The van der Waals surface area contributed by atoms with Crippen molar-refractivity contribution in [3.05, 3.63) is 0 Å². The lowest BCUT2D eigenvalue weighted by atomic mass is 9.85. The van der Waals surface area contributed by atoms with Gasteiger partial charge in [-0.1, -0.05) is 19.3 Å². The monoisotopic (exact) mass is 366 g/mol. The molecule has 0 radical (unpaired) electrons. The van der Waals surface area contributed by atoms with Crippen molar-refractivity contribution in [3.8, 4) is 0 Å². The van der Waals surface area contributed by atoms with Crippen molar-refractivity contribution in [1.82, 2.24) is 15.5 Å². The van der Waals surface area contributed by atoms with Crippen molar-refractivity contribution in [2.45, 2.75) is 69.9 Å². The van der Waals surface area contributed by atoms with Gasteiger partial charge < -0.3 is 25.4 Å². The van der Waals surface area contributed by atoms with E-state index in [-0.39, 0.29) is 0 Å². The molecule has 3 rings (SSSR count). The van der Waals surface area contributed by atoms with Crippen molar-refractivity contribution in [2.75, 3.05) is 45.9 Å². The zero-order chi connectivity index (χ0) is 18.2. The maximum absolute atomic E-state index is 10.7. The third kappa shape index (κ3) is 6.10. The summed E-state index contributed by atoms with van der Waals surface area (Å²) in [6, 6.07) is 0.477. The van der Waals surface area contributed by atoms with Crippen LogP contribution in [0.4, 0.5) is 0 Å². The maximum atomic E-state index is 10.7. The van der Waals surface area contributed by atoms with Crippen LogP contribution in [0.2, 0.25) is 0 Å². The van der Waals surface area contributed by atoms with E-state index in [1.54, 1.807) is 0 Å². The van der Waals surface area contributed by atoms with Gasteiger partial charge in [0.2, 0.25) is 0 Å². The number of aliphatic imine (C=N–C) groups is 1. The lowest BCUT2D eigenvalue weighted by molar-refractivity contribution is 0.0131. The minimum Gasteiger partial charge on any atom is -0.388 e. The molecule has 26 heavy (non-hydrogen) atoms. The third-order valence-corrected chi connectivity index (χ3v) is 6.13. The smallest absolute Gasteiger partial charge is 0.191 e. The zero-order valence-corrected chi connectivity index (χ0v) is 16.5. The Labute approximate surface area is 158 Å². The fraction of sp³-hybridized carbons (Fsp3) is 0.950. The molecule has 0 spiro atoms. The zero-order valence-electron chi connectivity index (χ0n) is 16.5. The van der Waals surface area contributed by atoms with E-state index in [4.69, 9.17) is 9.73 Å². The lowest BCUT2D eigenvalue weighted by Gasteiger charge is -2.34. The molecule has 0 aromatic carbocycles. The quantitative estimate of drug-likeness (QED) is 0.493. The predicted molar refractivity (Wildman–Crippen MR) is 106 cm³/mol. The second-order valence-electron chi connectivity index (χ2n) is 8.43. The first-order chi connectivity index (χ1) is 12.7. The van der Waals surface area contributed by atoms with Crippen molar-refractivity contribution >= 4 is 5.96 Å². The lowest BCUT2D eigenvalue weighted by Crippen LogP contribution is -2.50. The first kappa shape index (κ1) is 19.9. The molecule has 1 saturated carbocycles. The highest BCUT2D eigenvalue weighted by atomic mass is 16.5. The van der Waals surface area contributed by atoms with Gasteiger partial charge in [0.05, 0.1) is 18.8 Å². The molecule has 6 heteroatoms. The Morgan fingerprint density at radius 1 is 1.19 bits per heavy atom. The molecule has 3 fully saturated rings. The number of hydrogen-bond acceptors (Lipinski definition) is 4. The van der Waals surface area contributed by atoms with E-state index < -0.39 is 5.60 Å². The Bertz CT molecular complexity index is 437. The van der Waals surface area contributed by atoms with Crippen LogP contribution in [0.15, 0.2) is 4.99 Å². The molecule has 1 unspecified atom stereocenters. The van der Waals surface area contributed by atoms with Gasteiger partial charge >= 0.3 is 0 Å². The highest BCUT2D eigenvalue weighted by molar-refractivity contribution is 5.80. The maximum Gasteiger partial charge on any atom is 0.191 e. The summed E-state index contributed by atoms with van der Waals surface area (Å²) in [6.07, 6.45) is 8.80. The van der Waals surface area contributed by atoms with Gasteiger partial charge in [0.25, 0.3) is 0 Å². The van der Waals surface area contributed by atoms with Crippen molar-refractivity contribution in [2.24, 2.45) is 10.9 Å². The van der Waals surface area contributed by atoms with Crippen LogP contribution in [-0.4, -0.2) is 73.5 Å². The summed E-state index contributed by atoms with van der Waals surface area (Å²) >= 11 is 0. The summed E-state index contributed by atoms with van der Waals surface area (Å²) in [6.45, 7) is 8.84. The van der Waals surface area contributed by atoms with Crippen LogP contribution in [0.3, 0.4) is 0 Å². The average Bonchev–Trinajstić information content (AvgIpc) is 3.15. The van der Waals surface area contributed by atoms with E-state index in [0.717, 1.165) is 83.3 Å². The van der Waals surface area contributed by atoms with Gasteiger partial charge in [0, 0.05) is 38.8 Å². The second kappa shape index (κ2) is 9.90. The van der Waals surface area contributed by atoms with Crippen LogP contribution >= 0.6 is 0 Å². The van der Waals surface area contributed by atoms with E-state index in [2.05, 4.69) is 22.5 Å². The van der Waals surface area contributed by atoms with E-state index in [0.29, 0.717) is 12.6 Å². The Hall–Kier alpha value is -0.850. The topological polar surface area (TPSA) is 69.1 Å². The number of nitrogens with one attached hydrogen (secondary N) is 2. The predicted octanol–water partition coefficient (Wildman–Crippen LogP) is 1.74. The van der Waals surface area contributed by atoms with Crippen LogP contribution in [0, 0.1) is 5.92 Å². The summed E-state index contributed by atoms with van der Waals surface area (Å²) in [5.41, 5.74) is -0.590. The van der Waals surface area contributed by atoms with E-state index >= 15 is 0 Å². The van der Waals surface area contributed by atoms with Gasteiger partial charge in [-0.3, -0.25) is 4.99 Å². The summed E-state index contributed by atoms with van der Waals surface area (Å²) in [4.78, 5) is 7.31. The van der Waals surface area contributed by atoms with E-state index in [1.165, 1.54) is 19.4 Å². The second-order valence-corrected chi connectivity index (χ2v) is 8.43. The number of hydrogen-bond donors (Lipinski definition) is 3. The van der Waals surface area contributed by atoms with Gasteiger partial charge in [-0.25, -0.2) is 0 Å². The first-order valence-corrected chi connectivity index (χ1v) is 10.7. The van der Waals surface area contributed by atoms with E-state index in [9.17, 15) is 5.11 Å². The molecule has 6 nitrogen and oxygen atoms in total. The SMILES string of the molecule is CCNC(=NCC1(O)CCCCC1)NC1CCN(CC2CCOC2)CC1. The van der Waals surface area contributed by atoms with Crippen LogP contribution in [-0.2, 0) is 4.74 Å². The molecule has 2 aliphatic heterocycles. The molecule has 2 saturated heterocycles. The fourth-order valence-corrected chi connectivity index (χ4v) is 4.46. The largest absolute Gasteiger partial charge is 0.388 e. The van der Waals surface area contributed by atoms with E-state index in [1.807, 2.05) is 0 Å². The number of rotatable bonds is 6. The molecule has 0 bridgehead atoms. The first-order valence-electron chi connectivity index (χ1n) is 10.7. The molecular weight excluding hydrogens is 328 g/mol. The Kier molecular flexibility index (Phi) is 7.58. The molecule has 1 atom stereocenters. The van der Waals surface area contributed by atoms with Crippen molar-refractivity contribution < 1.29 is 9.84 Å². The number of ether oxygens (including phenoxy) is 1. The van der Waals surface area contributed by atoms with Crippen LogP contribution < -0.4 is 10.6 Å². The molecular formula is C20H38N4O2. The molecule has 0 aromatic rings. The molecule has 1 aliphatic carbocycles. The Morgan fingerprint density at radius 3 is 2.62 bits per heavy atom. The summed E-state index contributed by atoms with van der Waals surface area (Å²) in [5.74, 6) is 1.60. The summed E-state index contributed by atoms with van der Waals surface area (Å²) in [7, 11) is 0. The van der Waals surface area contributed by atoms with Crippen molar-refractivity contribution in [3.63, 3.8) is 0 Å². The number of aliphatic hydroxyl groups is 1. The highest BCUT2D eigenvalue weighted by Crippen LogP contribution is 2.28. The number of guanidine groups is 1. The standard InChI is InChI=1S/C20H38N4O2/c1-2-21-19(22-16-20(25)9-4-3-5-10-20)23-18-6-11-24(12-7-18)14-17-8-13-26-15-17/h17-18,25H,2-16H2,1H3,(H2,21,22,23). The third-order valence-electron chi connectivity index (χ3n) is 6.13. The van der Waals surface area contributed by atoms with Crippen molar-refractivity contribution in [1.29, 1.82) is 0 Å². The van der Waals surface area contributed by atoms with Gasteiger partial charge in [0.15, 0.2) is 5.96 Å². The average molecular weight is 367 g/mol. The van der Waals surface area contributed by atoms with Gasteiger partial charge in [0.1, 0.15) is 0 Å². The highest BCUT2D eigenvalue weighted by Gasteiger charge is 2.29. The molecule has 0 amide bonds. The molecule has 2 heterocycles. The molecule has 3 aliphatic rings. The molecule has 150 valence electrons. The van der Waals surface area contributed by atoms with Crippen LogP contribution in [0.1, 0.15) is 58.3 Å². The van der Waals surface area contributed by atoms with Crippen LogP contribution in [0.5, 0.6) is 0 Å². The molecule has 3 N–H and O–H groups in total. The van der Waals surface area contributed by atoms with Crippen LogP contribution in [0.25, 0.3) is 0 Å². The number of nitrogens with zero attached hydrogens (tertiary/aromatic N) is 2. The summed E-state index contributed by atoms with van der Waals surface area (Å²) < 4.78 is 5.50. The Balaban J connectivity index is 1.43. The Morgan fingerprint density at radius 2 is 1.96 bits per heavy atom. The fourth-order valence-electron chi connectivity index (χ4n) is 4.46. The van der Waals surface area contributed by atoms with Gasteiger partial charge in [-0.15, -0.1) is 0 Å². The number of piperidine rings is 1. The summed E-state index contributed by atoms with van der Waals surface area (Å²) in [5, 5.41) is 17.6. The normalized spacial score (nSPS) is 28.2. The number of likely N-dealkylation sites (tertiary alicyclic amines) is 1. The molecule has 0 aromatic heterocycles. The van der Waals surface area contributed by atoms with Gasteiger partial charge in [-0.05, 0) is 44.9 Å². The minimum absolute atomic E-state index is 0.477. The minimum atomic E-state index is -0.590. The van der Waals surface area contributed by atoms with Gasteiger partial charge in [-0.2, -0.15) is 0 Å².